The third kappa shape index (κ3) is 13.2. The van der Waals surface area contributed by atoms with E-state index in [1.165, 1.54) is 16.8 Å². The first-order valence-electron chi connectivity index (χ1n) is 7.92. The SMILES string of the molecule is CC.CO.COP(=O)(O)O.O=c1ccn(C2CCC(OCP(O)O)O2)c(=O)[nH]1. The smallest absolute Gasteiger partial charge is 0.400 e. The van der Waals surface area contributed by atoms with Crippen LogP contribution in [0.4, 0.5) is 0 Å². The van der Waals surface area contributed by atoms with Gasteiger partial charge < -0.3 is 34.2 Å². The number of aliphatic hydroxyl groups excluding tert-OH is 1. The summed E-state index contributed by atoms with van der Waals surface area (Å²) in [5, 5.41) is 7.00. The number of H-pyrrole nitrogens is 1. The second-order valence-corrected chi connectivity index (χ2v) is 6.81. The highest BCUT2D eigenvalue weighted by Crippen LogP contribution is 2.33. The van der Waals surface area contributed by atoms with Crippen molar-refractivity contribution < 1.29 is 43.2 Å². The molecule has 1 saturated heterocycles. The van der Waals surface area contributed by atoms with Crippen molar-refractivity contribution in [2.75, 3.05) is 20.6 Å². The first kappa shape index (κ1) is 29.2. The molecule has 28 heavy (non-hydrogen) atoms. The van der Waals surface area contributed by atoms with Crippen LogP contribution < -0.4 is 11.2 Å². The molecule has 13 nitrogen and oxygen atoms in total. The zero-order valence-electron chi connectivity index (χ0n) is 16.0. The molecule has 1 fully saturated rings. The number of aromatic amines is 1. The molecular formula is C13H28N2O11P2. The molecule has 2 atom stereocenters. The van der Waals surface area contributed by atoms with Crippen LogP contribution in [0.15, 0.2) is 21.9 Å². The van der Waals surface area contributed by atoms with Gasteiger partial charge in [0.2, 0.25) is 0 Å². The Morgan fingerprint density at radius 2 is 1.82 bits per heavy atom. The van der Waals surface area contributed by atoms with Gasteiger partial charge in [0.05, 0.1) is 0 Å². The van der Waals surface area contributed by atoms with Crippen LogP contribution in [-0.2, 0) is 18.6 Å². The number of hydrogen-bond acceptors (Lipinski definition) is 9. The van der Waals surface area contributed by atoms with Gasteiger partial charge in [0.25, 0.3) is 5.56 Å². The monoisotopic (exact) mass is 450 g/mol. The molecule has 2 heterocycles. The number of nitrogens with one attached hydrogen (secondary N) is 1. The van der Waals surface area contributed by atoms with Crippen LogP contribution >= 0.6 is 16.2 Å². The van der Waals surface area contributed by atoms with Gasteiger partial charge in [0, 0.05) is 32.9 Å². The van der Waals surface area contributed by atoms with Crippen LogP contribution in [0.3, 0.4) is 0 Å². The van der Waals surface area contributed by atoms with Gasteiger partial charge in [-0.1, -0.05) is 13.8 Å². The van der Waals surface area contributed by atoms with E-state index in [9.17, 15) is 14.2 Å². The molecular weight excluding hydrogens is 422 g/mol. The number of aromatic nitrogens is 2. The Balaban J connectivity index is 0. The summed E-state index contributed by atoms with van der Waals surface area (Å²) in [6.07, 6.45) is 1.18. The van der Waals surface area contributed by atoms with Gasteiger partial charge in [-0.15, -0.1) is 0 Å². The van der Waals surface area contributed by atoms with Gasteiger partial charge in [-0.3, -0.25) is 18.9 Å². The van der Waals surface area contributed by atoms with Gasteiger partial charge in [0.1, 0.15) is 12.6 Å². The first-order chi connectivity index (χ1) is 13.1. The molecule has 0 amide bonds. The number of phosphoric acid groups is 1. The van der Waals surface area contributed by atoms with Crippen molar-refractivity contribution in [3.05, 3.63) is 33.1 Å². The van der Waals surface area contributed by atoms with Crippen LogP contribution in [0.1, 0.15) is 32.9 Å². The average molecular weight is 450 g/mol. The van der Waals surface area contributed by atoms with Crippen molar-refractivity contribution >= 4 is 16.2 Å². The molecule has 0 spiro atoms. The van der Waals surface area contributed by atoms with Gasteiger partial charge in [-0.05, 0) is 6.42 Å². The van der Waals surface area contributed by atoms with Crippen molar-refractivity contribution in [3.63, 3.8) is 0 Å². The van der Waals surface area contributed by atoms with Gasteiger partial charge in [0.15, 0.2) is 14.7 Å². The Morgan fingerprint density at radius 1 is 1.29 bits per heavy atom. The Kier molecular flexibility index (Phi) is 16.6. The van der Waals surface area contributed by atoms with E-state index in [1.807, 2.05) is 13.8 Å². The lowest BCUT2D eigenvalue weighted by Gasteiger charge is -2.15. The van der Waals surface area contributed by atoms with E-state index in [1.54, 1.807) is 0 Å². The number of hydrogen-bond donors (Lipinski definition) is 6. The van der Waals surface area contributed by atoms with E-state index in [2.05, 4.69) is 9.51 Å². The van der Waals surface area contributed by atoms with Gasteiger partial charge >= 0.3 is 13.5 Å². The van der Waals surface area contributed by atoms with Crippen LogP contribution in [0, 0.1) is 0 Å². The first-order valence-corrected chi connectivity index (χ1v) is 10.9. The van der Waals surface area contributed by atoms with Crippen LogP contribution in [0.2, 0.25) is 0 Å². The van der Waals surface area contributed by atoms with E-state index in [4.69, 9.17) is 34.2 Å². The maximum atomic E-state index is 11.5. The summed E-state index contributed by atoms with van der Waals surface area (Å²) in [4.78, 5) is 57.4. The Bertz CT molecular complexity index is 673. The predicted molar refractivity (Wildman–Crippen MR) is 100 cm³/mol. The van der Waals surface area contributed by atoms with Crippen LogP contribution in [0.25, 0.3) is 0 Å². The summed E-state index contributed by atoms with van der Waals surface area (Å²) in [5.74, 6) is 0. The Hall–Kier alpha value is -0.980. The lowest BCUT2D eigenvalue weighted by atomic mass is 10.3. The number of phosphoric ester groups is 1. The number of aliphatic hydroxyl groups is 1. The summed E-state index contributed by atoms with van der Waals surface area (Å²) in [6.45, 7) is 4.00. The molecule has 0 saturated carbocycles. The van der Waals surface area contributed by atoms with Crippen molar-refractivity contribution in [2.24, 2.45) is 0 Å². The molecule has 0 aliphatic carbocycles. The van der Waals surface area contributed by atoms with Crippen LogP contribution in [-0.4, -0.2) is 61.1 Å². The molecule has 166 valence electrons. The third-order valence-electron chi connectivity index (χ3n) is 2.73. The van der Waals surface area contributed by atoms with E-state index in [0.717, 1.165) is 14.2 Å². The van der Waals surface area contributed by atoms with Crippen LogP contribution in [0.5, 0.6) is 0 Å². The zero-order valence-corrected chi connectivity index (χ0v) is 17.7. The Morgan fingerprint density at radius 3 is 2.25 bits per heavy atom. The van der Waals surface area contributed by atoms with Crippen molar-refractivity contribution in [3.8, 4) is 0 Å². The van der Waals surface area contributed by atoms with E-state index >= 15 is 0 Å². The minimum Gasteiger partial charge on any atom is -0.400 e. The molecule has 1 aliphatic rings. The van der Waals surface area contributed by atoms with Crippen molar-refractivity contribution in [2.45, 2.75) is 39.2 Å². The van der Waals surface area contributed by atoms with E-state index in [-0.39, 0.29) is 6.35 Å². The van der Waals surface area contributed by atoms with E-state index in [0.29, 0.717) is 12.8 Å². The second-order valence-electron chi connectivity index (χ2n) is 4.46. The molecule has 6 N–H and O–H groups in total. The molecule has 0 radical (unpaired) electrons. The van der Waals surface area contributed by atoms with Crippen molar-refractivity contribution in [1.82, 2.24) is 9.55 Å². The molecule has 0 bridgehead atoms. The third-order valence-corrected chi connectivity index (χ3v) is 3.59. The number of rotatable bonds is 5. The summed E-state index contributed by atoms with van der Waals surface area (Å²) in [6, 6.07) is 1.24. The molecule has 2 rings (SSSR count). The summed E-state index contributed by atoms with van der Waals surface area (Å²) in [7, 11) is -4.32. The predicted octanol–water partition coefficient (Wildman–Crippen LogP) is -0.198. The maximum absolute atomic E-state index is 11.5. The minimum atomic E-state index is -4.15. The molecule has 1 aromatic heterocycles. The topological polar surface area (TPSA) is 201 Å². The van der Waals surface area contributed by atoms with Gasteiger partial charge in [-0.2, -0.15) is 0 Å². The quantitative estimate of drug-likeness (QED) is 0.325. The highest BCUT2D eigenvalue weighted by atomic mass is 31.2. The molecule has 0 aromatic carbocycles. The maximum Gasteiger partial charge on any atom is 0.469 e. The Labute approximate surface area is 162 Å². The second kappa shape index (κ2) is 15.9. The lowest BCUT2D eigenvalue weighted by Crippen LogP contribution is -2.31. The molecule has 15 heteroatoms. The molecule has 2 unspecified atom stereocenters. The fourth-order valence-corrected chi connectivity index (χ4v) is 2.02. The average Bonchev–Trinajstić information content (AvgIpc) is 3.12. The minimum absolute atomic E-state index is 0.187. The standard InChI is InChI=1S/C9H13N2O6P.C2H6.CH5O4P.CH4O/c12-6-3-4-11(9(13)10-6)7-1-2-8(17-7)16-5-18(14)15;1-2;1-5-6(2,3)4;1-2/h3-4,7-8,14-15H,1-2,5H2,(H,10,12,13);1-2H3;1H3,(H2,2,3,4);2H,1H3. The normalized spacial score (nSPS) is 18.2. The number of nitrogens with zero attached hydrogens (tertiary/aromatic N) is 1. The van der Waals surface area contributed by atoms with E-state index < -0.39 is 40.0 Å². The van der Waals surface area contributed by atoms with Gasteiger partial charge in [-0.25, -0.2) is 9.36 Å². The summed E-state index contributed by atoms with van der Waals surface area (Å²) in [5.41, 5.74) is -1.01. The zero-order chi connectivity index (χ0) is 22.3. The lowest BCUT2D eigenvalue weighted by molar-refractivity contribution is -0.141. The summed E-state index contributed by atoms with van der Waals surface area (Å²) >= 11 is 0. The highest BCUT2D eigenvalue weighted by molar-refractivity contribution is 7.46. The highest BCUT2D eigenvalue weighted by Gasteiger charge is 2.28. The van der Waals surface area contributed by atoms with Crippen molar-refractivity contribution in [1.29, 1.82) is 0 Å². The fraction of sp³-hybridized carbons (Fsp3) is 0.692. The molecule has 1 aliphatic heterocycles. The largest absolute Gasteiger partial charge is 0.469 e. The number of ether oxygens (including phenoxy) is 2. The summed E-state index contributed by atoms with van der Waals surface area (Å²) < 4.78 is 24.9. The fourth-order valence-electron chi connectivity index (χ4n) is 1.72. The molecule has 1 aromatic rings.